The molecule has 1 radical (unpaired) electrons. The van der Waals surface area contributed by atoms with Crippen molar-refractivity contribution in [2.24, 2.45) is 0 Å². The molecule has 15 heavy (non-hydrogen) atoms. The average molecular weight is 368 g/mol. The molecule has 0 saturated carbocycles. The van der Waals surface area contributed by atoms with E-state index in [1.165, 1.54) is 19.3 Å². The van der Waals surface area contributed by atoms with E-state index in [-0.39, 0.29) is 42.4 Å². The maximum Gasteiger partial charge on any atom is 0 e. The summed E-state index contributed by atoms with van der Waals surface area (Å²) in [5.74, 6) is 1.63. The van der Waals surface area contributed by atoms with Crippen molar-refractivity contribution in [3.8, 4) is 0 Å². The van der Waals surface area contributed by atoms with Gasteiger partial charge in [0.05, 0.1) is 0 Å². The molecule has 0 aliphatic rings. The summed E-state index contributed by atoms with van der Waals surface area (Å²) in [6.07, 6.45) is 5.80. The summed E-state index contributed by atoms with van der Waals surface area (Å²) in [6.45, 7) is 12.7. The molecule has 0 spiro atoms. The van der Waals surface area contributed by atoms with Crippen LogP contribution >= 0.6 is 0 Å². The first-order valence-corrected chi connectivity index (χ1v) is 5.99. The van der Waals surface area contributed by atoms with E-state index in [0.717, 1.165) is 12.8 Å². The normalized spacial score (nSPS) is 10.4. The minimum atomic E-state index is -0.167. The molecule has 0 aromatic heterocycles. The van der Waals surface area contributed by atoms with Gasteiger partial charge in [-0.15, -0.1) is 5.54 Å². The van der Waals surface area contributed by atoms with E-state index in [2.05, 4.69) is 34.6 Å². The summed E-state index contributed by atoms with van der Waals surface area (Å²) in [5.41, 5.74) is 7.26. The van der Waals surface area contributed by atoms with Crippen molar-refractivity contribution in [3.63, 3.8) is 0 Å². The van der Waals surface area contributed by atoms with Crippen molar-refractivity contribution < 1.29 is 36.9 Å². The van der Waals surface area contributed by atoms with Crippen LogP contribution in [0.2, 0.25) is 0 Å². The summed E-state index contributed by atoms with van der Waals surface area (Å²) < 4.78 is 0. The zero-order chi connectivity index (χ0) is 11.6. The fourth-order valence-corrected chi connectivity index (χ4v) is 0.854. The predicted octanol–water partition coefficient (Wildman–Crippen LogP) is 5.41. The average Bonchev–Trinajstić information content (AvgIpc) is 2.19. The molecule has 0 atom stereocenters. The van der Waals surface area contributed by atoms with Gasteiger partial charge >= 0.3 is 0 Å². The number of nitrogens with one attached hydrogen (secondary N) is 1. The third-order valence-corrected chi connectivity index (χ3v) is 2.84. The Labute approximate surface area is 127 Å². The van der Waals surface area contributed by atoms with Crippen LogP contribution in [-0.4, -0.2) is 5.54 Å². The van der Waals surface area contributed by atoms with Crippen LogP contribution in [0.25, 0.3) is 5.73 Å². The van der Waals surface area contributed by atoms with Crippen molar-refractivity contribution in [1.82, 2.24) is 0 Å². The smallest absolute Gasteiger partial charge is 0 e. The molecule has 0 rings (SSSR count). The van der Waals surface area contributed by atoms with E-state index in [0.29, 0.717) is 0 Å². The molecule has 0 heterocycles. The summed E-state index contributed by atoms with van der Waals surface area (Å²) in [4.78, 5) is 0. The van der Waals surface area contributed by atoms with Gasteiger partial charge in [0.25, 0.3) is 0 Å². The van der Waals surface area contributed by atoms with E-state index in [1.807, 2.05) is 6.92 Å². The van der Waals surface area contributed by atoms with Crippen LogP contribution in [0, 0.1) is 42.8 Å². The van der Waals surface area contributed by atoms with E-state index in [1.54, 1.807) is 5.92 Å². The fraction of sp³-hybridized carbons (Fsp3) is 0.923. The second-order valence-corrected chi connectivity index (χ2v) is 4.33. The standard InChI is InChI=1S/C7H15.C6H14N.Tm/c1-4-6-7(3)5-2;1-4-6(3,7)5-2;/h4-6H2,1-3H3;7H,4-5H2,1-3H3;/q2*-1;. The predicted molar refractivity (Wildman–Crippen MR) is 67.4 cm³/mol. The first kappa shape index (κ1) is 21.5. The SMILES string of the molecule is CCC(C)([NH-])CC.CCC[C-](C)CC.[Tm]. The van der Waals surface area contributed by atoms with E-state index >= 15 is 0 Å². The number of rotatable bonds is 5. The zero-order valence-electron chi connectivity index (χ0n) is 11.3. The van der Waals surface area contributed by atoms with E-state index < -0.39 is 0 Å². The Morgan fingerprint density at radius 3 is 1.53 bits per heavy atom. The molecule has 0 aliphatic heterocycles. The molecule has 101 valence electrons. The van der Waals surface area contributed by atoms with Gasteiger partial charge in [0, 0.05) is 36.9 Å². The fourth-order valence-electron chi connectivity index (χ4n) is 0.854. The minimum absolute atomic E-state index is 0. The summed E-state index contributed by atoms with van der Waals surface area (Å²) >= 11 is 0. The molecular weight excluding hydrogens is 339 g/mol. The Morgan fingerprint density at radius 1 is 1.07 bits per heavy atom. The molecular formula is C13H29NTm-2. The minimum Gasteiger partial charge on any atom is -0.672 e. The zero-order valence-corrected chi connectivity index (χ0v) is 13.1. The number of hydrogen-bond acceptors (Lipinski definition) is 0. The molecule has 0 aliphatic carbocycles. The maximum atomic E-state index is 7.42. The van der Waals surface area contributed by atoms with Gasteiger partial charge in [-0.2, -0.15) is 19.8 Å². The van der Waals surface area contributed by atoms with Crippen molar-refractivity contribution in [2.45, 2.75) is 79.2 Å². The van der Waals surface area contributed by atoms with Gasteiger partial charge in [-0.05, 0) is 0 Å². The molecule has 1 N–H and O–H groups in total. The van der Waals surface area contributed by atoms with Crippen molar-refractivity contribution in [3.05, 3.63) is 11.7 Å². The Hall–Kier alpha value is 1.19. The summed E-state index contributed by atoms with van der Waals surface area (Å²) in [5, 5.41) is 0. The van der Waals surface area contributed by atoms with E-state index in [4.69, 9.17) is 5.73 Å². The number of hydrogen-bond donors (Lipinski definition) is 0. The molecule has 0 fully saturated rings. The van der Waals surface area contributed by atoms with Crippen LogP contribution < -0.4 is 0 Å². The van der Waals surface area contributed by atoms with Crippen LogP contribution in [0.3, 0.4) is 0 Å². The monoisotopic (exact) mass is 368 g/mol. The van der Waals surface area contributed by atoms with Crippen LogP contribution in [0.5, 0.6) is 0 Å². The summed E-state index contributed by atoms with van der Waals surface area (Å²) in [7, 11) is 0. The maximum absolute atomic E-state index is 7.42. The topological polar surface area (TPSA) is 23.8 Å². The third-order valence-electron chi connectivity index (χ3n) is 2.84. The van der Waals surface area contributed by atoms with Crippen molar-refractivity contribution in [1.29, 1.82) is 0 Å². The molecule has 0 aromatic rings. The van der Waals surface area contributed by atoms with Gasteiger partial charge in [-0.25, -0.2) is 0 Å². The second kappa shape index (κ2) is 13.3. The molecule has 0 saturated heterocycles. The first-order valence-electron chi connectivity index (χ1n) is 5.99. The van der Waals surface area contributed by atoms with E-state index in [9.17, 15) is 0 Å². The van der Waals surface area contributed by atoms with Crippen LogP contribution in [0.4, 0.5) is 0 Å². The first-order chi connectivity index (χ1) is 6.43. The van der Waals surface area contributed by atoms with Gasteiger partial charge in [0.1, 0.15) is 0 Å². The summed E-state index contributed by atoms with van der Waals surface area (Å²) in [6, 6.07) is 0. The van der Waals surface area contributed by atoms with Gasteiger partial charge in [-0.1, -0.05) is 53.9 Å². The molecule has 2 heteroatoms. The Bertz CT molecular complexity index is 107. The quantitative estimate of drug-likeness (QED) is 0.580. The van der Waals surface area contributed by atoms with Crippen molar-refractivity contribution >= 4 is 0 Å². The second-order valence-electron chi connectivity index (χ2n) is 4.33. The van der Waals surface area contributed by atoms with Gasteiger partial charge in [0.15, 0.2) is 0 Å². The third kappa shape index (κ3) is 17.8. The molecule has 0 aromatic carbocycles. The van der Waals surface area contributed by atoms with Crippen molar-refractivity contribution in [2.75, 3.05) is 0 Å². The van der Waals surface area contributed by atoms with Crippen LogP contribution in [-0.2, 0) is 0 Å². The Kier molecular flexibility index (Phi) is 19.0. The molecule has 0 unspecified atom stereocenters. The van der Waals surface area contributed by atoms with Crippen LogP contribution in [0.15, 0.2) is 0 Å². The van der Waals surface area contributed by atoms with Gasteiger partial charge in [-0.3, -0.25) is 0 Å². The largest absolute Gasteiger partial charge is 0.672 e. The van der Waals surface area contributed by atoms with Gasteiger partial charge in [0.2, 0.25) is 0 Å². The van der Waals surface area contributed by atoms with Crippen LogP contribution in [0.1, 0.15) is 73.6 Å². The molecule has 0 amide bonds. The Morgan fingerprint density at radius 2 is 1.47 bits per heavy atom. The molecule has 1 nitrogen and oxygen atoms in total. The molecule has 0 bridgehead atoms. The van der Waals surface area contributed by atoms with Gasteiger partial charge < -0.3 is 11.7 Å². The Balaban J connectivity index is -0.000000180.